The SMILES string of the molecule is CC.CCCOC12CCC(CN3CCC(NC)CC3)(CC1)CC2. The summed E-state index contributed by atoms with van der Waals surface area (Å²) in [4.78, 5) is 2.75. The van der Waals surface area contributed by atoms with Crippen molar-refractivity contribution in [2.75, 3.05) is 33.3 Å². The van der Waals surface area contributed by atoms with Crippen molar-refractivity contribution in [1.29, 1.82) is 0 Å². The van der Waals surface area contributed by atoms with Gasteiger partial charge in [-0.2, -0.15) is 0 Å². The van der Waals surface area contributed by atoms with E-state index in [1.807, 2.05) is 13.8 Å². The Balaban J connectivity index is 0.000000924. The smallest absolute Gasteiger partial charge is 0.0683 e. The monoisotopic (exact) mass is 324 g/mol. The molecule has 3 nitrogen and oxygen atoms in total. The maximum absolute atomic E-state index is 6.25. The van der Waals surface area contributed by atoms with Gasteiger partial charge in [-0.25, -0.2) is 0 Å². The highest BCUT2D eigenvalue weighted by Gasteiger charge is 2.49. The molecule has 0 atom stereocenters. The number of nitrogens with one attached hydrogen (secondary N) is 1. The first-order valence-corrected chi connectivity index (χ1v) is 10.2. The van der Waals surface area contributed by atoms with Gasteiger partial charge in [0.2, 0.25) is 0 Å². The van der Waals surface area contributed by atoms with Gasteiger partial charge >= 0.3 is 0 Å². The normalized spacial score (nSPS) is 35.0. The Labute approximate surface area is 144 Å². The molecule has 0 aromatic rings. The summed E-state index contributed by atoms with van der Waals surface area (Å²) < 4.78 is 6.25. The second-order valence-electron chi connectivity index (χ2n) is 7.87. The van der Waals surface area contributed by atoms with E-state index in [0.717, 1.165) is 19.1 Å². The second-order valence-corrected chi connectivity index (χ2v) is 7.87. The Morgan fingerprint density at radius 2 is 1.57 bits per heavy atom. The molecular formula is C20H40N2O. The molecule has 3 saturated carbocycles. The summed E-state index contributed by atoms with van der Waals surface area (Å²) in [5.41, 5.74) is 0.903. The average Bonchev–Trinajstić information content (AvgIpc) is 2.64. The topological polar surface area (TPSA) is 24.5 Å². The van der Waals surface area contributed by atoms with Crippen molar-refractivity contribution in [3.05, 3.63) is 0 Å². The fourth-order valence-electron chi connectivity index (χ4n) is 4.86. The first-order chi connectivity index (χ1) is 11.2. The minimum absolute atomic E-state index is 0.275. The highest BCUT2D eigenvalue weighted by Crippen LogP contribution is 2.54. The number of likely N-dealkylation sites (tertiary alicyclic amines) is 1. The molecule has 1 aliphatic heterocycles. The zero-order valence-electron chi connectivity index (χ0n) is 16.1. The average molecular weight is 325 g/mol. The summed E-state index contributed by atoms with van der Waals surface area (Å²) in [6, 6.07) is 0.756. The van der Waals surface area contributed by atoms with Crippen LogP contribution in [0.2, 0.25) is 0 Å². The summed E-state index contributed by atoms with van der Waals surface area (Å²) in [6.45, 7) is 11.1. The van der Waals surface area contributed by atoms with Crippen molar-refractivity contribution in [1.82, 2.24) is 10.2 Å². The van der Waals surface area contributed by atoms with Crippen molar-refractivity contribution in [3.8, 4) is 0 Å². The fourth-order valence-corrected chi connectivity index (χ4v) is 4.86. The van der Waals surface area contributed by atoms with E-state index in [9.17, 15) is 0 Å². The summed E-state index contributed by atoms with van der Waals surface area (Å²) >= 11 is 0. The van der Waals surface area contributed by atoms with Crippen LogP contribution in [0, 0.1) is 5.41 Å². The molecule has 3 heteroatoms. The number of fused-ring (bicyclic) bond motifs is 3. The summed E-state index contributed by atoms with van der Waals surface area (Å²) in [5.74, 6) is 0. The molecule has 0 radical (unpaired) electrons. The number of hydrogen-bond acceptors (Lipinski definition) is 3. The van der Waals surface area contributed by atoms with Crippen molar-refractivity contribution in [3.63, 3.8) is 0 Å². The molecule has 1 N–H and O–H groups in total. The van der Waals surface area contributed by atoms with Gasteiger partial charge in [-0.3, -0.25) is 0 Å². The highest BCUT2D eigenvalue weighted by molar-refractivity contribution is 5.02. The van der Waals surface area contributed by atoms with Crippen LogP contribution in [0.1, 0.15) is 78.6 Å². The molecule has 4 fully saturated rings. The largest absolute Gasteiger partial charge is 0.375 e. The van der Waals surface area contributed by atoms with Crippen LogP contribution in [-0.4, -0.2) is 49.8 Å². The molecule has 2 bridgehead atoms. The number of ether oxygens (including phenoxy) is 1. The number of nitrogens with zero attached hydrogens (tertiary/aromatic N) is 1. The zero-order valence-corrected chi connectivity index (χ0v) is 16.1. The Kier molecular flexibility index (Phi) is 7.37. The van der Waals surface area contributed by atoms with E-state index in [0.29, 0.717) is 5.41 Å². The fraction of sp³-hybridized carbons (Fsp3) is 1.00. The predicted octanol–water partition coefficient (Wildman–Crippen LogP) is 4.22. The van der Waals surface area contributed by atoms with Gasteiger partial charge in [0.25, 0.3) is 0 Å². The Morgan fingerprint density at radius 3 is 2.04 bits per heavy atom. The molecule has 23 heavy (non-hydrogen) atoms. The first-order valence-electron chi connectivity index (χ1n) is 10.2. The summed E-state index contributed by atoms with van der Waals surface area (Å²) in [7, 11) is 2.11. The minimum atomic E-state index is 0.275. The van der Waals surface area contributed by atoms with E-state index < -0.39 is 0 Å². The molecule has 0 unspecified atom stereocenters. The van der Waals surface area contributed by atoms with Crippen molar-refractivity contribution in [2.45, 2.75) is 90.2 Å². The molecule has 1 heterocycles. The molecule has 3 aliphatic carbocycles. The lowest BCUT2D eigenvalue weighted by Crippen LogP contribution is -2.53. The number of piperidine rings is 1. The van der Waals surface area contributed by atoms with Gasteiger partial charge in [-0.15, -0.1) is 0 Å². The number of rotatable bonds is 6. The Morgan fingerprint density at radius 1 is 1.00 bits per heavy atom. The van der Waals surface area contributed by atoms with E-state index in [4.69, 9.17) is 4.74 Å². The van der Waals surface area contributed by atoms with E-state index in [1.165, 1.54) is 71.0 Å². The molecular weight excluding hydrogens is 284 g/mol. The van der Waals surface area contributed by atoms with Crippen molar-refractivity contribution < 1.29 is 4.74 Å². The second kappa shape index (κ2) is 8.82. The van der Waals surface area contributed by atoms with Crippen LogP contribution in [0.4, 0.5) is 0 Å². The maximum Gasteiger partial charge on any atom is 0.0683 e. The van der Waals surface area contributed by atoms with Crippen molar-refractivity contribution >= 4 is 0 Å². The van der Waals surface area contributed by atoms with Crippen LogP contribution >= 0.6 is 0 Å². The molecule has 0 aromatic carbocycles. The first kappa shape index (κ1) is 19.2. The van der Waals surface area contributed by atoms with Gasteiger partial charge in [0.1, 0.15) is 0 Å². The molecule has 0 aromatic heterocycles. The van der Waals surface area contributed by atoms with E-state index in [1.54, 1.807) is 0 Å². The lowest BCUT2D eigenvalue weighted by Gasteiger charge is -2.54. The van der Waals surface area contributed by atoms with E-state index in [2.05, 4.69) is 24.2 Å². The predicted molar refractivity (Wildman–Crippen MR) is 99.0 cm³/mol. The van der Waals surface area contributed by atoms with E-state index >= 15 is 0 Å². The Bertz CT molecular complexity index is 312. The summed E-state index contributed by atoms with van der Waals surface area (Å²) in [6.07, 6.45) is 12.0. The molecule has 0 spiro atoms. The lowest BCUT2D eigenvalue weighted by atomic mass is 9.58. The standard InChI is InChI=1S/C18H34N2O.C2H6/c1-3-14-21-18-9-6-17(7-10-18,8-11-18)15-20-12-4-16(19-2)5-13-20;1-2/h16,19H,3-15H2,1-2H3;1-2H3. The van der Waals surface area contributed by atoms with Gasteiger partial charge in [0.15, 0.2) is 0 Å². The third-order valence-electron chi connectivity index (χ3n) is 6.50. The molecule has 136 valence electrons. The quantitative estimate of drug-likeness (QED) is 0.792. The van der Waals surface area contributed by atoms with Crippen LogP contribution in [0.15, 0.2) is 0 Å². The Hall–Kier alpha value is -0.120. The summed E-state index contributed by atoms with van der Waals surface area (Å²) in [5, 5.41) is 3.44. The van der Waals surface area contributed by atoms with Gasteiger partial charge in [0, 0.05) is 19.2 Å². The van der Waals surface area contributed by atoms with Gasteiger partial charge in [-0.1, -0.05) is 20.8 Å². The van der Waals surface area contributed by atoms with Gasteiger partial charge in [-0.05, 0) is 83.3 Å². The molecule has 4 rings (SSSR count). The number of hydrogen-bond donors (Lipinski definition) is 1. The zero-order chi connectivity index (χ0) is 16.8. The molecule has 0 amide bonds. The van der Waals surface area contributed by atoms with Gasteiger partial charge < -0.3 is 15.0 Å². The molecule has 1 saturated heterocycles. The van der Waals surface area contributed by atoms with Crippen LogP contribution < -0.4 is 5.32 Å². The van der Waals surface area contributed by atoms with Gasteiger partial charge in [0.05, 0.1) is 5.60 Å². The lowest BCUT2D eigenvalue weighted by molar-refractivity contribution is -0.141. The van der Waals surface area contributed by atoms with Crippen molar-refractivity contribution in [2.24, 2.45) is 5.41 Å². The van der Waals surface area contributed by atoms with Crippen LogP contribution in [0.5, 0.6) is 0 Å². The van der Waals surface area contributed by atoms with Crippen LogP contribution in [0.25, 0.3) is 0 Å². The maximum atomic E-state index is 6.25. The third kappa shape index (κ3) is 4.70. The van der Waals surface area contributed by atoms with Crippen LogP contribution in [-0.2, 0) is 4.74 Å². The molecule has 4 aliphatic rings. The third-order valence-corrected chi connectivity index (χ3v) is 6.50. The highest BCUT2D eigenvalue weighted by atomic mass is 16.5. The minimum Gasteiger partial charge on any atom is -0.375 e. The van der Waals surface area contributed by atoms with Crippen LogP contribution in [0.3, 0.4) is 0 Å². The van der Waals surface area contributed by atoms with E-state index in [-0.39, 0.29) is 5.60 Å².